The van der Waals surface area contributed by atoms with E-state index < -0.39 is 0 Å². The predicted octanol–water partition coefficient (Wildman–Crippen LogP) is 12.0. The van der Waals surface area contributed by atoms with Crippen molar-refractivity contribution in [3.8, 4) is 0 Å². The van der Waals surface area contributed by atoms with Crippen molar-refractivity contribution in [3.63, 3.8) is 0 Å². The van der Waals surface area contributed by atoms with E-state index in [-0.39, 0.29) is 0 Å². The second kappa shape index (κ2) is 26.9. The predicted molar refractivity (Wildman–Crippen MR) is 168 cm³/mol. The van der Waals surface area contributed by atoms with E-state index in [1.807, 2.05) is 0 Å². The molecule has 0 bridgehead atoms. The molecule has 1 aliphatic heterocycles. The molecule has 0 spiro atoms. The number of hydrogen-bond donors (Lipinski definition) is 0. The van der Waals surface area contributed by atoms with Crippen LogP contribution in [0.3, 0.4) is 0 Å². The van der Waals surface area contributed by atoms with Gasteiger partial charge in [-0.15, -0.1) is 0 Å². The Morgan fingerprint density at radius 2 is 0.622 bits per heavy atom. The van der Waals surface area contributed by atoms with E-state index in [1.165, 1.54) is 186 Å². The van der Waals surface area contributed by atoms with Crippen LogP contribution in [0, 0.1) is 0 Å². The third-order valence-corrected chi connectivity index (χ3v) is 8.57. The summed E-state index contributed by atoms with van der Waals surface area (Å²) in [6, 6.07) is 0. The summed E-state index contributed by atoms with van der Waals surface area (Å²) in [6.07, 6.45) is 44.0. The monoisotopic (exact) mass is 519 g/mol. The van der Waals surface area contributed by atoms with Crippen LogP contribution in [0.25, 0.3) is 0 Å². The van der Waals surface area contributed by atoms with Crippen molar-refractivity contribution in [2.75, 3.05) is 13.1 Å². The van der Waals surface area contributed by atoms with Crippen molar-refractivity contribution in [2.45, 2.75) is 200 Å². The first-order chi connectivity index (χ1) is 18.3. The van der Waals surface area contributed by atoms with Crippen LogP contribution in [-0.2, 0) is 0 Å². The molecule has 0 amide bonds. The minimum atomic E-state index is 0.642. The van der Waals surface area contributed by atoms with E-state index >= 15 is 0 Å². The Bertz CT molecular complexity index is 474. The molecular formula is C35H70N2. The molecule has 0 aliphatic carbocycles. The highest BCUT2D eigenvalue weighted by atomic mass is 15.4. The van der Waals surface area contributed by atoms with Crippen molar-refractivity contribution in [1.29, 1.82) is 0 Å². The molecule has 0 aromatic rings. The van der Waals surface area contributed by atoms with Crippen LogP contribution in [0.2, 0.25) is 0 Å². The maximum atomic E-state index is 2.69. The first-order valence-electron chi connectivity index (χ1n) is 17.5. The maximum Gasteiger partial charge on any atom is 0.101 e. The van der Waals surface area contributed by atoms with Gasteiger partial charge in [-0.1, -0.05) is 168 Å². The van der Waals surface area contributed by atoms with Crippen molar-refractivity contribution >= 4 is 0 Å². The van der Waals surface area contributed by atoms with Crippen LogP contribution in [-0.4, -0.2) is 29.1 Å². The standard InChI is InChI=1S/C35H70N2/c1-4-7-10-12-14-16-17-18-19-20-21-22-24-26-29-32-37-34-33-36(31-28-9-6-3)35(37)30-27-25-23-15-13-11-8-5-2/h33-35H,4-32H2,1-3H3. The Morgan fingerprint density at radius 1 is 0.351 bits per heavy atom. The first-order valence-corrected chi connectivity index (χ1v) is 17.5. The molecule has 2 nitrogen and oxygen atoms in total. The number of hydrogen-bond acceptors (Lipinski definition) is 2. The molecule has 1 atom stereocenters. The Balaban J connectivity index is 2.08. The fourth-order valence-corrected chi connectivity index (χ4v) is 6.01. The molecule has 0 N–H and O–H groups in total. The molecule has 1 aliphatic rings. The maximum absolute atomic E-state index is 2.69. The summed E-state index contributed by atoms with van der Waals surface area (Å²) in [5, 5.41) is 0. The fraction of sp³-hybridized carbons (Fsp3) is 0.943. The molecule has 2 heteroatoms. The Labute approximate surface area is 235 Å². The number of nitrogens with zero attached hydrogens (tertiary/aromatic N) is 2. The van der Waals surface area contributed by atoms with Gasteiger partial charge in [-0.25, -0.2) is 0 Å². The summed E-state index contributed by atoms with van der Waals surface area (Å²) in [5.74, 6) is 0. The zero-order valence-electron chi connectivity index (χ0n) is 26.1. The molecule has 0 aromatic heterocycles. The van der Waals surface area contributed by atoms with E-state index in [9.17, 15) is 0 Å². The van der Waals surface area contributed by atoms with E-state index in [4.69, 9.17) is 0 Å². The molecule has 0 fully saturated rings. The van der Waals surface area contributed by atoms with Gasteiger partial charge in [0.05, 0.1) is 0 Å². The molecule has 0 aromatic carbocycles. The Morgan fingerprint density at radius 3 is 1.00 bits per heavy atom. The van der Waals surface area contributed by atoms with E-state index in [1.54, 1.807) is 0 Å². The van der Waals surface area contributed by atoms with Crippen LogP contribution >= 0.6 is 0 Å². The third kappa shape index (κ3) is 20.0. The zero-order chi connectivity index (χ0) is 26.7. The quantitative estimate of drug-likeness (QED) is 0.0908. The van der Waals surface area contributed by atoms with Gasteiger partial charge in [0.1, 0.15) is 6.17 Å². The lowest BCUT2D eigenvalue weighted by atomic mass is 10.0. The first kappa shape index (κ1) is 34.4. The summed E-state index contributed by atoms with van der Waals surface area (Å²) < 4.78 is 0. The highest BCUT2D eigenvalue weighted by Gasteiger charge is 2.24. The van der Waals surface area contributed by atoms with Crippen molar-refractivity contribution in [3.05, 3.63) is 12.4 Å². The van der Waals surface area contributed by atoms with Gasteiger partial charge >= 0.3 is 0 Å². The highest BCUT2D eigenvalue weighted by Crippen LogP contribution is 2.24. The summed E-state index contributed by atoms with van der Waals surface area (Å²) in [6.45, 7) is 9.46. The second-order valence-electron chi connectivity index (χ2n) is 12.2. The largest absolute Gasteiger partial charge is 0.356 e. The SMILES string of the molecule is CCCCCCCCCCCCCCCCCN1C=CN(CCCCC)C1CCCCCCCCCC. The Hall–Kier alpha value is -0.660. The van der Waals surface area contributed by atoms with Crippen molar-refractivity contribution in [1.82, 2.24) is 9.80 Å². The van der Waals surface area contributed by atoms with Crippen LogP contribution < -0.4 is 0 Å². The molecule has 0 radical (unpaired) electrons. The van der Waals surface area contributed by atoms with Crippen LogP contribution in [0.4, 0.5) is 0 Å². The van der Waals surface area contributed by atoms with Crippen LogP contribution in [0.15, 0.2) is 12.4 Å². The summed E-state index contributed by atoms with van der Waals surface area (Å²) in [4.78, 5) is 5.36. The number of unbranched alkanes of at least 4 members (excludes halogenated alkanes) is 23. The van der Waals surface area contributed by atoms with E-state index in [2.05, 4.69) is 43.0 Å². The summed E-state index contributed by atoms with van der Waals surface area (Å²) in [7, 11) is 0. The van der Waals surface area contributed by atoms with Gasteiger partial charge in [0.15, 0.2) is 0 Å². The average molecular weight is 519 g/mol. The average Bonchev–Trinajstić information content (AvgIpc) is 3.29. The van der Waals surface area contributed by atoms with Gasteiger partial charge in [-0.05, 0) is 25.7 Å². The molecule has 0 saturated carbocycles. The van der Waals surface area contributed by atoms with E-state index in [0.29, 0.717) is 6.17 Å². The normalized spacial score (nSPS) is 15.4. The van der Waals surface area contributed by atoms with Gasteiger partial charge in [-0.3, -0.25) is 0 Å². The summed E-state index contributed by atoms with van der Waals surface area (Å²) >= 11 is 0. The number of rotatable bonds is 29. The zero-order valence-corrected chi connectivity index (χ0v) is 26.1. The Kier molecular flexibility index (Phi) is 25.0. The van der Waals surface area contributed by atoms with Crippen molar-refractivity contribution < 1.29 is 0 Å². The van der Waals surface area contributed by atoms with Crippen LogP contribution in [0.1, 0.15) is 194 Å². The minimum absolute atomic E-state index is 0.642. The second-order valence-corrected chi connectivity index (χ2v) is 12.2. The molecule has 37 heavy (non-hydrogen) atoms. The minimum Gasteiger partial charge on any atom is -0.356 e. The van der Waals surface area contributed by atoms with Crippen molar-refractivity contribution in [2.24, 2.45) is 0 Å². The van der Waals surface area contributed by atoms with Gasteiger partial charge in [-0.2, -0.15) is 0 Å². The van der Waals surface area contributed by atoms with Gasteiger partial charge in [0.25, 0.3) is 0 Å². The molecular weight excluding hydrogens is 448 g/mol. The smallest absolute Gasteiger partial charge is 0.101 e. The van der Waals surface area contributed by atoms with Gasteiger partial charge in [0.2, 0.25) is 0 Å². The molecule has 220 valence electrons. The van der Waals surface area contributed by atoms with Gasteiger partial charge in [0, 0.05) is 25.5 Å². The molecule has 0 saturated heterocycles. The molecule has 1 heterocycles. The molecule has 1 unspecified atom stereocenters. The topological polar surface area (TPSA) is 6.48 Å². The lowest BCUT2D eigenvalue weighted by Gasteiger charge is -2.33. The van der Waals surface area contributed by atoms with Gasteiger partial charge < -0.3 is 9.80 Å². The third-order valence-electron chi connectivity index (χ3n) is 8.57. The fourth-order valence-electron chi connectivity index (χ4n) is 6.01. The molecule has 1 rings (SSSR count). The summed E-state index contributed by atoms with van der Waals surface area (Å²) in [5.41, 5.74) is 0. The lowest BCUT2D eigenvalue weighted by molar-refractivity contribution is 0.135. The van der Waals surface area contributed by atoms with E-state index in [0.717, 1.165) is 0 Å². The lowest BCUT2D eigenvalue weighted by Crippen LogP contribution is -2.39. The van der Waals surface area contributed by atoms with Crippen LogP contribution in [0.5, 0.6) is 0 Å². The highest BCUT2D eigenvalue weighted by molar-refractivity contribution is 4.97.